The Kier molecular flexibility index (Phi) is 6.16. The Hall–Kier alpha value is -3.05. The van der Waals surface area contributed by atoms with Crippen LogP contribution in [0, 0.1) is 18.3 Å². The Balaban J connectivity index is 1.79. The number of para-hydroxylation sites is 1. The van der Waals surface area contributed by atoms with Crippen LogP contribution >= 0.6 is 11.8 Å². The quantitative estimate of drug-likeness (QED) is 0.565. The van der Waals surface area contributed by atoms with Gasteiger partial charge in [-0.2, -0.15) is 5.26 Å². The number of hydrogen-bond acceptors (Lipinski definition) is 6. The first kappa shape index (κ1) is 19.7. The molecule has 0 bridgehead atoms. The van der Waals surface area contributed by atoms with E-state index in [1.54, 1.807) is 11.2 Å². The van der Waals surface area contributed by atoms with Gasteiger partial charge in [0, 0.05) is 19.3 Å². The van der Waals surface area contributed by atoms with E-state index in [0.717, 1.165) is 17.0 Å². The Morgan fingerprint density at radius 3 is 2.71 bits per heavy atom. The van der Waals surface area contributed by atoms with E-state index in [2.05, 4.69) is 16.3 Å². The average Bonchev–Trinajstić information content (AvgIpc) is 3.28. The number of benzene rings is 1. The second kappa shape index (κ2) is 8.76. The molecule has 2 heterocycles. The molecule has 1 amide bonds. The smallest absolute Gasteiger partial charge is 0.240 e. The molecule has 1 aromatic carbocycles. The van der Waals surface area contributed by atoms with Gasteiger partial charge >= 0.3 is 0 Å². The van der Waals surface area contributed by atoms with E-state index in [-0.39, 0.29) is 17.6 Å². The lowest BCUT2D eigenvalue weighted by Crippen LogP contribution is -2.37. The molecule has 0 aliphatic carbocycles. The summed E-state index contributed by atoms with van der Waals surface area (Å²) < 4.78 is 7.20. The Morgan fingerprint density at radius 1 is 1.32 bits per heavy atom. The van der Waals surface area contributed by atoms with E-state index in [9.17, 15) is 4.79 Å². The minimum Gasteiger partial charge on any atom is -0.469 e. The van der Waals surface area contributed by atoms with Crippen LogP contribution in [0.25, 0.3) is 11.4 Å². The van der Waals surface area contributed by atoms with Gasteiger partial charge in [-0.1, -0.05) is 30.0 Å². The number of nitrogens with zero attached hydrogens (tertiary/aromatic N) is 5. The molecule has 0 spiro atoms. The van der Waals surface area contributed by atoms with Gasteiger partial charge < -0.3 is 13.9 Å². The predicted octanol–water partition coefficient (Wildman–Crippen LogP) is 3.81. The van der Waals surface area contributed by atoms with Crippen LogP contribution in [0.15, 0.2) is 52.2 Å². The lowest BCUT2D eigenvalue weighted by atomic mass is 10.2. The summed E-state index contributed by atoms with van der Waals surface area (Å²) in [5, 5.41) is 17.7. The zero-order valence-corrected chi connectivity index (χ0v) is 16.8. The van der Waals surface area contributed by atoms with Crippen molar-refractivity contribution in [2.75, 3.05) is 11.4 Å². The van der Waals surface area contributed by atoms with Gasteiger partial charge in [-0.05, 0) is 32.0 Å². The van der Waals surface area contributed by atoms with Crippen molar-refractivity contribution in [2.45, 2.75) is 30.7 Å². The van der Waals surface area contributed by atoms with Crippen LogP contribution in [0.1, 0.15) is 19.1 Å². The molecule has 3 aromatic rings. The molecule has 144 valence electrons. The van der Waals surface area contributed by atoms with Crippen LogP contribution in [0.2, 0.25) is 0 Å². The van der Waals surface area contributed by atoms with E-state index in [1.165, 1.54) is 11.8 Å². The SMILES string of the molecule is Cc1occc1-c1nnc(S[C@@H](C)C(=O)N(CCC#N)c2ccccc2)n1C. The van der Waals surface area contributed by atoms with Crippen molar-refractivity contribution < 1.29 is 9.21 Å². The highest BCUT2D eigenvalue weighted by molar-refractivity contribution is 8.00. The van der Waals surface area contributed by atoms with Crippen LogP contribution in [-0.2, 0) is 11.8 Å². The number of aromatic nitrogens is 3. The molecule has 0 unspecified atom stereocenters. The molecule has 1 atom stereocenters. The topological polar surface area (TPSA) is 88.0 Å². The molecule has 0 radical (unpaired) electrons. The summed E-state index contributed by atoms with van der Waals surface area (Å²) in [5.41, 5.74) is 1.66. The maximum Gasteiger partial charge on any atom is 0.240 e. The fraction of sp³-hybridized carbons (Fsp3) is 0.300. The number of rotatable bonds is 7. The first-order valence-electron chi connectivity index (χ1n) is 8.86. The van der Waals surface area contributed by atoms with Gasteiger partial charge in [-0.25, -0.2) is 0 Å². The second-order valence-corrected chi connectivity index (χ2v) is 7.56. The van der Waals surface area contributed by atoms with Crippen molar-refractivity contribution in [1.29, 1.82) is 5.26 Å². The monoisotopic (exact) mass is 395 g/mol. The minimum atomic E-state index is -0.389. The first-order valence-corrected chi connectivity index (χ1v) is 9.74. The van der Waals surface area contributed by atoms with Gasteiger partial charge in [0.25, 0.3) is 0 Å². The fourth-order valence-corrected chi connectivity index (χ4v) is 3.71. The maximum absolute atomic E-state index is 13.1. The fourth-order valence-electron chi connectivity index (χ4n) is 2.83. The first-order chi connectivity index (χ1) is 13.5. The van der Waals surface area contributed by atoms with Crippen molar-refractivity contribution in [3.8, 4) is 17.5 Å². The standard InChI is InChI=1S/C20H21N5O2S/c1-14-17(10-13-27-14)18-22-23-20(24(18)3)28-15(2)19(26)25(12-7-11-21)16-8-5-4-6-9-16/h4-6,8-10,13,15H,7,12H2,1-3H3/t15-/m0/s1. The molecule has 2 aromatic heterocycles. The third kappa shape index (κ3) is 4.10. The summed E-state index contributed by atoms with van der Waals surface area (Å²) in [6.07, 6.45) is 1.89. The highest BCUT2D eigenvalue weighted by atomic mass is 32.2. The van der Waals surface area contributed by atoms with Crippen molar-refractivity contribution in [1.82, 2.24) is 14.8 Å². The van der Waals surface area contributed by atoms with Crippen LogP contribution in [0.4, 0.5) is 5.69 Å². The van der Waals surface area contributed by atoms with E-state index < -0.39 is 0 Å². The number of nitriles is 1. The van der Waals surface area contributed by atoms with Crippen molar-refractivity contribution in [2.24, 2.45) is 7.05 Å². The van der Waals surface area contributed by atoms with E-state index in [1.807, 2.05) is 61.9 Å². The van der Waals surface area contributed by atoms with Gasteiger partial charge in [0.15, 0.2) is 11.0 Å². The van der Waals surface area contributed by atoms with Gasteiger partial charge in [0.1, 0.15) is 5.76 Å². The highest BCUT2D eigenvalue weighted by Crippen LogP contribution is 2.29. The molecule has 0 aliphatic heterocycles. The summed E-state index contributed by atoms with van der Waals surface area (Å²) in [7, 11) is 1.87. The van der Waals surface area contributed by atoms with Crippen LogP contribution in [-0.4, -0.2) is 32.5 Å². The molecule has 0 fully saturated rings. The number of furan rings is 1. The van der Waals surface area contributed by atoms with Gasteiger partial charge in [0.2, 0.25) is 5.91 Å². The third-order valence-electron chi connectivity index (χ3n) is 4.35. The number of anilines is 1. The molecular weight excluding hydrogens is 374 g/mol. The Morgan fingerprint density at radius 2 is 2.07 bits per heavy atom. The lowest BCUT2D eigenvalue weighted by molar-refractivity contribution is -0.117. The minimum absolute atomic E-state index is 0.0736. The third-order valence-corrected chi connectivity index (χ3v) is 5.47. The normalized spacial score (nSPS) is 11.8. The molecule has 0 saturated heterocycles. The van der Waals surface area contributed by atoms with Crippen molar-refractivity contribution in [3.05, 3.63) is 48.4 Å². The van der Waals surface area contributed by atoms with E-state index in [0.29, 0.717) is 17.5 Å². The summed E-state index contributed by atoms with van der Waals surface area (Å²) in [4.78, 5) is 14.7. The highest BCUT2D eigenvalue weighted by Gasteiger charge is 2.25. The molecule has 3 rings (SSSR count). The number of carbonyl (C=O) groups excluding carboxylic acids is 1. The zero-order valence-electron chi connectivity index (χ0n) is 16.0. The van der Waals surface area contributed by atoms with Crippen LogP contribution < -0.4 is 4.90 Å². The summed E-state index contributed by atoms with van der Waals surface area (Å²) in [6.45, 7) is 4.06. The Labute approximate surface area is 168 Å². The molecular formula is C20H21N5O2S. The molecule has 0 aliphatic rings. The number of amides is 1. The molecule has 8 heteroatoms. The summed E-state index contributed by atoms with van der Waals surface area (Å²) in [6, 6.07) is 13.3. The van der Waals surface area contributed by atoms with Gasteiger partial charge in [-0.3, -0.25) is 4.79 Å². The average molecular weight is 395 g/mol. The van der Waals surface area contributed by atoms with Gasteiger partial charge in [0.05, 0.1) is 29.6 Å². The number of carbonyl (C=O) groups is 1. The largest absolute Gasteiger partial charge is 0.469 e. The van der Waals surface area contributed by atoms with E-state index >= 15 is 0 Å². The van der Waals surface area contributed by atoms with Crippen LogP contribution in [0.5, 0.6) is 0 Å². The second-order valence-electron chi connectivity index (χ2n) is 6.25. The molecule has 7 nitrogen and oxygen atoms in total. The zero-order chi connectivity index (χ0) is 20.1. The predicted molar refractivity (Wildman–Crippen MR) is 108 cm³/mol. The summed E-state index contributed by atoms with van der Waals surface area (Å²) >= 11 is 1.34. The number of aryl methyl sites for hydroxylation is 1. The number of thioether (sulfide) groups is 1. The van der Waals surface area contributed by atoms with E-state index in [4.69, 9.17) is 9.68 Å². The molecule has 0 N–H and O–H groups in total. The summed E-state index contributed by atoms with van der Waals surface area (Å²) in [5.74, 6) is 1.39. The Bertz CT molecular complexity index is 990. The van der Waals surface area contributed by atoms with Crippen molar-refractivity contribution in [3.63, 3.8) is 0 Å². The molecule has 0 saturated carbocycles. The lowest BCUT2D eigenvalue weighted by Gasteiger charge is -2.24. The van der Waals surface area contributed by atoms with Crippen molar-refractivity contribution >= 4 is 23.4 Å². The number of hydrogen-bond donors (Lipinski definition) is 0. The van der Waals surface area contributed by atoms with Gasteiger partial charge in [-0.15, -0.1) is 10.2 Å². The molecule has 28 heavy (non-hydrogen) atoms. The maximum atomic E-state index is 13.1. The van der Waals surface area contributed by atoms with Crippen LogP contribution in [0.3, 0.4) is 0 Å².